The van der Waals surface area contributed by atoms with Crippen molar-refractivity contribution >= 4 is 16.6 Å². The molecule has 224 valence electrons. The van der Waals surface area contributed by atoms with Gasteiger partial charge >= 0.3 is 0 Å². The summed E-state index contributed by atoms with van der Waals surface area (Å²) in [5.74, 6) is -0.872. The molecule has 2 rings (SSSR count). The van der Waals surface area contributed by atoms with Crippen molar-refractivity contribution in [2.75, 3.05) is 13.9 Å². The van der Waals surface area contributed by atoms with Gasteiger partial charge in [0.15, 0.2) is 22.4 Å². The lowest BCUT2D eigenvalue weighted by atomic mass is 9.92. The molecule has 1 aliphatic heterocycles. The Morgan fingerprint density at radius 3 is 2.00 bits per heavy atom. The van der Waals surface area contributed by atoms with E-state index in [2.05, 4.69) is 86.4 Å². The van der Waals surface area contributed by atoms with Gasteiger partial charge in [-0.15, -0.1) is 6.58 Å². The van der Waals surface area contributed by atoms with E-state index in [9.17, 15) is 0 Å². The molecule has 1 saturated heterocycles. The first-order chi connectivity index (χ1) is 17.8. The molecular formula is C31H56O6Si2. The second kappa shape index (κ2) is 13.0. The molecule has 0 saturated carbocycles. The zero-order valence-corrected chi connectivity index (χ0v) is 28.9. The van der Waals surface area contributed by atoms with E-state index in [1.165, 1.54) is 0 Å². The van der Waals surface area contributed by atoms with Gasteiger partial charge in [-0.3, -0.25) is 0 Å². The molecule has 39 heavy (non-hydrogen) atoms. The summed E-state index contributed by atoms with van der Waals surface area (Å²) in [6.45, 7) is 30.7. The fourth-order valence-electron chi connectivity index (χ4n) is 4.30. The van der Waals surface area contributed by atoms with E-state index in [-0.39, 0.29) is 29.1 Å². The number of hydrogen-bond donors (Lipinski definition) is 0. The quantitative estimate of drug-likeness (QED) is 0.141. The summed E-state index contributed by atoms with van der Waals surface area (Å²) in [4.78, 5) is 0. The molecule has 8 heteroatoms. The normalized spacial score (nSPS) is 24.3. The Labute approximate surface area is 241 Å². The van der Waals surface area contributed by atoms with E-state index in [0.717, 1.165) is 5.56 Å². The SMILES string of the molecule is C=CC[C@@H](O[Si](C)(C)C(C)(C)C)[C@H](OCOC)[C@H]1OC(C)(C)O[C@H](c2ccccc2)[C@H]1O[Si](C)(C)C(C)(C)C. The van der Waals surface area contributed by atoms with Crippen molar-refractivity contribution in [2.45, 2.75) is 134 Å². The van der Waals surface area contributed by atoms with Crippen molar-refractivity contribution in [3.05, 3.63) is 48.6 Å². The standard InChI is InChI=1S/C31H56O6Si2/c1-15-19-24(36-38(11,12)29(2,3)4)26(33-22-32-10)27-28(37-39(13,14)30(5,6)7)25(34-31(8,9)35-27)23-20-17-16-18-21-23/h15-18,20-21,24-28H,1,19,22H2,2-14H3/t24-,25-,26+,27-,28-/m1/s1. The third kappa shape index (κ3) is 8.82. The first kappa shape index (κ1) is 34.4. The van der Waals surface area contributed by atoms with Crippen LogP contribution in [0.3, 0.4) is 0 Å². The first-order valence-corrected chi connectivity index (χ1v) is 20.1. The zero-order chi connectivity index (χ0) is 29.9. The van der Waals surface area contributed by atoms with Gasteiger partial charge in [0.1, 0.15) is 31.2 Å². The van der Waals surface area contributed by atoms with Crippen LogP contribution in [0.5, 0.6) is 0 Å². The Kier molecular flexibility index (Phi) is 11.4. The lowest BCUT2D eigenvalue weighted by molar-refractivity contribution is -0.354. The highest BCUT2D eigenvalue weighted by Gasteiger charge is 2.54. The van der Waals surface area contributed by atoms with Crippen LogP contribution in [0.4, 0.5) is 0 Å². The minimum absolute atomic E-state index is 0.00715. The van der Waals surface area contributed by atoms with Gasteiger partial charge in [-0.2, -0.15) is 0 Å². The second-order valence-corrected chi connectivity index (χ2v) is 23.8. The Morgan fingerprint density at radius 2 is 1.51 bits per heavy atom. The van der Waals surface area contributed by atoms with E-state index in [4.69, 9.17) is 27.8 Å². The van der Waals surface area contributed by atoms with Gasteiger partial charge in [-0.25, -0.2) is 0 Å². The van der Waals surface area contributed by atoms with Gasteiger partial charge in [0, 0.05) is 7.11 Å². The lowest BCUT2D eigenvalue weighted by Gasteiger charge is -2.53. The van der Waals surface area contributed by atoms with Crippen molar-refractivity contribution < 1.29 is 27.8 Å². The van der Waals surface area contributed by atoms with Crippen LogP contribution in [0.2, 0.25) is 36.3 Å². The number of ether oxygens (including phenoxy) is 4. The van der Waals surface area contributed by atoms with E-state index in [0.29, 0.717) is 6.42 Å². The van der Waals surface area contributed by atoms with Crippen LogP contribution in [-0.2, 0) is 27.8 Å². The van der Waals surface area contributed by atoms with Gasteiger partial charge in [0.05, 0.1) is 6.10 Å². The average Bonchev–Trinajstić information content (AvgIpc) is 2.79. The van der Waals surface area contributed by atoms with Crippen LogP contribution in [0, 0.1) is 0 Å². The second-order valence-electron chi connectivity index (χ2n) is 14.3. The van der Waals surface area contributed by atoms with Crippen molar-refractivity contribution in [1.29, 1.82) is 0 Å². The Bertz CT molecular complexity index is 904. The first-order valence-electron chi connectivity index (χ1n) is 14.2. The summed E-state index contributed by atoms with van der Waals surface area (Å²) in [6, 6.07) is 10.3. The Hall–Kier alpha value is -0.846. The van der Waals surface area contributed by atoms with Crippen LogP contribution < -0.4 is 0 Å². The molecule has 1 heterocycles. The summed E-state index contributed by atoms with van der Waals surface area (Å²) in [6.07, 6.45) is 0.520. The highest BCUT2D eigenvalue weighted by Crippen LogP contribution is 2.46. The summed E-state index contributed by atoms with van der Waals surface area (Å²) >= 11 is 0. The average molecular weight is 581 g/mol. The van der Waals surface area contributed by atoms with Crippen molar-refractivity contribution in [3.63, 3.8) is 0 Å². The maximum atomic E-state index is 7.20. The lowest BCUT2D eigenvalue weighted by Crippen LogP contribution is -2.62. The van der Waals surface area contributed by atoms with E-state index < -0.39 is 40.7 Å². The molecule has 1 fully saturated rings. The Morgan fingerprint density at radius 1 is 0.949 bits per heavy atom. The predicted octanol–water partition coefficient (Wildman–Crippen LogP) is 8.23. The molecule has 6 nitrogen and oxygen atoms in total. The molecule has 0 aliphatic carbocycles. The van der Waals surface area contributed by atoms with Gasteiger partial charge in [-0.05, 0) is 62.1 Å². The van der Waals surface area contributed by atoms with Gasteiger partial charge < -0.3 is 27.8 Å². The van der Waals surface area contributed by atoms with E-state index in [1.54, 1.807) is 7.11 Å². The van der Waals surface area contributed by atoms with Crippen LogP contribution in [-0.4, -0.2) is 60.7 Å². The predicted molar refractivity (Wildman–Crippen MR) is 165 cm³/mol. The summed E-state index contributed by atoms with van der Waals surface area (Å²) in [5.41, 5.74) is 1.05. The van der Waals surface area contributed by atoms with Crippen molar-refractivity contribution in [3.8, 4) is 0 Å². The van der Waals surface area contributed by atoms with Crippen LogP contribution in [0.15, 0.2) is 43.0 Å². The monoisotopic (exact) mass is 580 g/mol. The van der Waals surface area contributed by atoms with Crippen molar-refractivity contribution in [2.24, 2.45) is 0 Å². The maximum Gasteiger partial charge on any atom is 0.192 e. The Balaban J connectivity index is 2.70. The largest absolute Gasteiger partial charge is 0.411 e. The third-order valence-corrected chi connectivity index (χ3v) is 17.5. The van der Waals surface area contributed by atoms with Gasteiger partial charge in [-0.1, -0.05) is 78.0 Å². The highest BCUT2D eigenvalue weighted by molar-refractivity contribution is 6.74. The highest BCUT2D eigenvalue weighted by atomic mass is 28.4. The molecule has 0 aromatic heterocycles. The van der Waals surface area contributed by atoms with Crippen LogP contribution in [0.1, 0.15) is 73.5 Å². The molecule has 0 N–H and O–H groups in total. The molecule has 0 bridgehead atoms. The minimum atomic E-state index is -2.26. The number of rotatable bonds is 12. The molecule has 1 aromatic rings. The molecule has 1 aliphatic rings. The fraction of sp³-hybridized carbons (Fsp3) is 0.742. The molecule has 0 unspecified atom stereocenters. The topological polar surface area (TPSA) is 55.4 Å². The summed E-state index contributed by atoms with van der Waals surface area (Å²) < 4.78 is 39.6. The molecule has 0 spiro atoms. The third-order valence-electron chi connectivity index (χ3n) is 8.54. The molecular weight excluding hydrogens is 525 g/mol. The molecule has 0 amide bonds. The van der Waals surface area contributed by atoms with Gasteiger partial charge in [0.25, 0.3) is 0 Å². The number of hydrogen-bond acceptors (Lipinski definition) is 6. The van der Waals surface area contributed by atoms with Crippen LogP contribution in [0.25, 0.3) is 0 Å². The van der Waals surface area contributed by atoms with Gasteiger partial charge in [0.2, 0.25) is 0 Å². The summed E-state index contributed by atoms with van der Waals surface area (Å²) in [7, 11) is -2.80. The van der Waals surface area contributed by atoms with E-state index >= 15 is 0 Å². The number of benzene rings is 1. The smallest absolute Gasteiger partial charge is 0.192 e. The minimum Gasteiger partial charge on any atom is -0.411 e. The maximum absolute atomic E-state index is 7.20. The number of methoxy groups -OCH3 is 1. The van der Waals surface area contributed by atoms with Crippen LogP contribution >= 0.6 is 0 Å². The van der Waals surface area contributed by atoms with Crippen molar-refractivity contribution in [1.82, 2.24) is 0 Å². The molecule has 5 atom stereocenters. The summed E-state index contributed by atoms with van der Waals surface area (Å²) in [5, 5.41) is 0.0183. The van der Waals surface area contributed by atoms with E-state index in [1.807, 2.05) is 38.1 Å². The zero-order valence-electron chi connectivity index (χ0n) is 26.9. The molecule has 0 radical (unpaired) electrons. The molecule has 1 aromatic carbocycles. The fourth-order valence-corrected chi connectivity index (χ4v) is 6.93.